The molecule has 0 fully saturated rings. The Morgan fingerprint density at radius 3 is 2.24 bits per heavy atom. The number of anilines is 2. The molecule has 9 heteroatoms. The van der Waals surface area contributed by atoms with Gasteiger partial charge in [-0.15, -0.1) is 0 Å². The van der Waals surface area contributed by atoms with Gasteiger partial charge < -0.3 is 14.8 Å². The van der Waals surface area contributed by atoms with Crippen LogP contribution in [0, 0.1) is 0 Å². The first-order valence-corrected chi connectivity index (χ1v) is 9.15. The Kier molecular flexibility index (Phi) is 7.17. The third-order valence-corrected chi connectivity index (χ3v) is 3.62. The molecule has 2 N–H and O–H groups in total. The van der Waals surface area contributed by atoms with Crippen LogP contribution in [-0.2, 0) is 14.3 Å². The van der Waals surface area contributed by atoms with Crippen LogP contribution in [0.4, 0.5) is 16.3 Å². The zero-order chi connectivity index (χ0) is 21.6. The Labute approximate surface area is 173 Å². The van der Waals surface area contributed by atoms with Gasteiger partial charge in [-0.25, -0.2) is 14.6 Å². The maximum absolute atomic E-state index is 12.2. The molecule has 1 atom stereocenters. The number of rotatable bonds is 5. The summed E-state index contributed by atoms with van der Waals surface area (Å²) in [7, 11) is 0. The van der Waals surface area contributed by atoms with E-state index in [9.17, 15) is 14.4 Å². The first-order chi connectivity index (χ1) is 13.5. The van der Waals surface area contributed by atoms with E-state index in [1.807, 2.05) is 0 Å². The maximum atomic E-state index is 12.2. The fraction of sp³-hybridized carbons (Fsp3) is 0.300. The lowest BCUT2D eigenvalue weighted by Crippen LogP contribution is -2.30. The molecule has 0 aliphatic heterocycles. The summed E-state index contributed by atoms with van der Waals surface area (Å²) in [4.78, 5) is 40.1. The Morgan fingerprint density at radius 2 is 1.69 bits per heavy atom. The molecule has 2 rings (SSSR count). The normalized spacial score (nSPS) is 11.9. The topological polar surface area (TPSA) is 107 Å². The predicted molar refractivity (Wildman–Crippen MR) is 109 cm³/mol. The number of esters is 1. The molecule has 0 spiro atoms. The van der Waals surface area contributed by atoms with Crippen LogP contribution in [0.15, 0.2) is 42.6 Å². The first-order valence-electron chi connectivity index (χ1n) is 8.77. The third kappa shape index (κ3) is 7.42. The molecule has 29 heavy (non-hydrogen) atoms. The number of hydrogen-bond donors (Lipinski definition) is 2. The summed E-state index contributed by atoms with van der Waals surface area (Å²) in [6.45, 7) is 6.71. The molecule has 0 radical (unpaired) electrons. The zero-order valence-electron chi connectivity index (χ0n) is 16.5. The number of carbonyl (C=O) groups excluding carboxylic acids is 3. The maximum Gasteiger partial charge on any atom is 0.412 e. The van der Waals surface area contributed by atoms with Crippen LogP contribution in [0.25, 0.3) is 0 Å². The molecule has 0 bridgehead atoms. The summed E-state index contributed by atoms with van der Waals surface area (Å²) in [6.07, 6.45) is -0.255. The summed E-state index contributed by atoms with van der Waals surface area (Å²) in [5.74, 6) is -0.920. The number of ether oxygens (including phenoxy) is 2. The number of nitrogens with one attached hydrogen (secondary N) is 2. The van der Waals surface area contributed by atoms with E-state index < -0.39 is 29.7 Å². The number of carbonyl (C=O) groups is 3. The van der Waals surface area contributed by atoms with Gasteiger partial charge in [-0.3, -0.25) is 10.1 Å². The number of benzene rings is 1. The first kappa shape index (κ1) is 22.2. The summed E-state index contributed by atoms with van der Waals surface area (Å²) >= 11 is 5.74. The van der Waals surface area contributed by atoms with E-state index in [1.165, 1.54) is 43.5 Å². The van der Waals surface area contributed by atoms with Crippen molar-refractivity contribution in [3.05, 3.63) is 53.2 Å². The summed E-state index contributed by atoms with van der Waals surface area (Å²) in [5.41, 5.74) is 0.0610. The minimum absolute atomic E-state index is 0.226. The van der Waals surface area contributed by atoms with E-state index in [-0.39, 0.29) is 5.56 Å². The van der Waals surface area contributed by atoms with Crippen LogP contribution in [0.2, 0.25) is 5.02 Å². The molecule has 2 aromatic rings. The smallest absolute Gasteiger partial charge is 0.412 e. The molecule has 1 aromatic heterocycles. The number of amides is 2. The second-order valence-electron chi connectivity index (χ2n) is 7.10. The van der Waals surface area contributed by atoms with Crippen molar-refractivity contribution in [3.63, 3.8) is 0 Å². The van der Waals surface area contributed by atoms with E-state index in [4.69, 9.17) is 21.1 Å². The van der Waals surface area contributed by atoms with Crippen molar-refractivity contribution >= 4 is 41.1 Å². The van der Waals surface area contributed by atoms with Gasteiger partial charge in [0.05, 0.1) is 10.6 Å². The summed E-state index contributed by atoms with van der Waals surface area (Å²) < 4.78 is 10.3. The SMILES string of the molecule is C[C@@H](OC(=O)c1ccc(NC(=O)OC(C)(C)C)cc1)C(=O)Nc1ccc(Cl)cn1. The molecular formula is C20H22ClN3O5. The fourth-order valence-corrected chi connectivity index (χ4v) is 2.18. The lowest BCUT2D eigenvalue weighted by molar-refractivity contribution is -0.123. The van der Waals surface area contributed by atoms with E-state index in [0.717, 1.165) is 0 Å². The van der Waals surface area contributed by atoms with E-state index in [2.05, 4.69) is 15.6 Å². The Morgan fingerprint density at radius 1 is 1.03 bits per heavy atom. The molecule has 154 valence electrons. The number of hydrogen-bond acceptors (Lipinski definition) is 6. The Bertz CT molecular complexity index is 876. The highest BCUT2D eigenvalue weighted by atomic mass is 35.5. The average Bonchev–Trinajstić information content (AvgIpc) is 2.62. The molecule has 2 amide bonds. The van der Waals surface area contributed by atoms with Crippen molar-refractivity contribution in [1.82, 2.24) is 4.98 Å². The monoisotopic (exact) mass is 419 g/mol. The standard InChI is InChI=1S/C20H22ClN3O5/c1-12(17(25)24-16-10-7-14(21)11-22-16)28-18(26)13-5-8-15(9-6-13)23-19(27)29-20(2,3)4/h5-12H,1-4H3,(H,23,27)(H,22,24,25)/t12-/m1/s1. The third-order valence-electron chi connectivity index (χ3n) is 3.40. The molecule has 0 aliphatic carbocycles. The number of halogens is 1. The molecule has 0 unspecified atom stereocenters. The number of pyridine rings is 1. The van der Waals surface area contributed by atoms with Crippen LogP contribution >= 0.6 is 11.6 Å². The van der Waals surface area contributed by atoms with Gasteiger partial charge in [-0.1, -0.05) is 11.6 Å². The van der Waals surface area contributed by atoms with E-state index >= 15 is 0 Å². The largest absolute Gasteiger partial charge is 0.449 e. The van der Waals surface area contributed by atoms with Crippen molar-refractivity contribution in [2.75, 3.05) is 10.6 Å². The highest BCUT2D eigenvalue weighted by Gasteiger charge is 2.20. The van der Waals surface area contributed by atoms with Gasteiger partial charge in [0.2, 0.25) is 0 Å². The highest BCUT2D eigenvalue weighted by molar-refractivity contribution is 6.30. The van der Waals surface area contributed by atoms with Gasteiger partial charge in [0.15, 0.2) is 6.10 Å². The van der Waals surface area contributed by atoms with Crippen LogP contribution in [0.5, 0.6) is 0 Å². The van der Waals surface area contributed by atoms with E-state index in [1.54, 1.807) is 26.8 Å². The van der Waals surface area contributed by atoms with Crippen molar-refractivity contribution in [2.45, 2.75) is 39.4 Å². The fourth-order valence-electron chi connectivity index (χ4n) is 2.07. The molecular weight excluding hydrogens is 398 g/mol. The van der Waals surface area contributed by atoms with Gasteiger partial charge in [0.25, 0.3) is 5.91 Å². The van der Waals surface area contributed by atoms with Gasteiger partial charge in [0, 0.05) is 11.9 Å². The molecule has 0 saturated carbocycles. The summed E-state index contributed by atoms with van der Waals surface area (Å²) in [5, 5.41) is 5.53. The number of nitrogens with zero attached hydrogens (tertiary/aromatic N) is 1. The molecule has 1 aromatic carbocycles. The average molecular weight is 420 g/mol. The zero-order valence-corrected chi connectivity index (χ0v) is 17.2. The minimum Gasteiger partial charge on any atom is -0.449 e. The quantitative estimate of drug-likeness (QED) is 0.701. The van der Waals surface area contributed by atoms with Crippen molar-refractivity contribution < 1.29 is 23.9 Å². The Balaban J connectivity index is 1.90. The van der Waals surface area contributed by atoms with Crippen molar-refractivity contribution in [3.8, 4) is 0 Å². The van der Waals surface area contributed by atoms with Crippen LogP contribution in [0.1, 0.15) is 38.1 Å². The molecule has 0 aliphatic rings. The predicted octanol–water partition coefficient (Wildman–Crippen LogP) is 4.27. The molecule has 0 saturated heterocycles. The van der Waals surface area contributed by atoms with Gasteiger partial charge in [-0.05, 0) is 64.1 Å². The van der Waals surface area contributed by atoms with Crippen molar-refractivity contribution in [2.24, 2.45) is 0 Å². The highest BCUT2D eigenvalue weighted by Crippen LogP contribution is 2.15. The summed E-state index contributed by atoms with van der Waals surface area (Å²) in [6, 6.07) is 9.12. The lowest BCUT2D eigenvalue weighted by Gasteiger charge is -2.19. The van der Waals surface area contributed by atoms with Crippen LogP contribution in [-0.4, -0.2) is 34.7 Å². The number of aromatic nitrogens is 1. The second-order valence-corrected chi connectivity index (χ2v) is 7.54. The van der Waals surface area contributed by atoms with Crippen LogP contribution in [0.3, 0.4) is 0 Å². The Hall–Kier alpha value is -3.13. The second kappa shape index (κ2) is 9.38. The van der Waals surface area contributed by atoms with Gasteiger partial charge >= 0.3 is 12.1 Å². The minimum atomic E-state index is -1.04. The van der Waals surface area contributed by atoms with Gasteiger partial charge in [-0.2, -0.15) is 0 Å². The van der Waals surface area contributed by atoms with Crippen LogP contribution < -0.4 is 10.6 Å². The lowest BCUT2D eigenvalue weighted by atomic mass is 10.2. The van der Waals surface area contributed by atoms with Crippen molar-refractivity contribution in [1.29, 1.82) is 0 Å². The van der Waals surface area contributed by atoms with Gasteiger partial charge in [0.1, 0.15) is 11.4 Å². The van der Waals surface area contributed by atoms with E-state index in [0.29, 0.717) is 16.5 Å². The molecule has 8 nitrogen and oxygen atoms in total. The molecule has 1 heterocycles.